The highest BCUT2D eigenvalue weighted by atomic mass is 16.5. The van der Waals surface area contributed by atoms with Crippen molar-refractivity contribution in [2.75, 3.05) is 44.3 Å². The predicted molar refractivity (Wildman–Crippen MR) is 140 cm³/mol. The first-order chi connectivity index (χ1) is 17.6. The lowest BCUT2D eigenvalue weighted by molar-refractivity contribution is 0.0780. The minimum absolute atomic E-state index is 0.0375. The van der Waals surface area contributed by atoms with Gasteiger partial charge in [-0.25, -0.2) is 9.98 Å². The highest BCUT2D eigenvalue weighted by Crippen LogP contribution is 2.19. The summed E-state index contributed by atoms with van der Waals surface area (Å²) in [6.07, 6.45) is 8.07. The highest BCUT2D eigenvalue weighted by Gasteiger charge is 2.19. The molecule has 0 bridgehead atoms. The Kier molecular flexibility index (Phi) is 7.48. The molecule has 3 aromatic heterocycles. The number of carbonyl (C=O) groups is 1. The van der Waals surface area contributed by atoms with Gasteiger partial charge in [-0.2, -0.15) is 0 Å². The molecule has 5 heterocycles. The number of ether oxygens (including phenoxy) is 1. The van der Waals surface area contributed by atoms with Crippen molar-refractivity contribution in [3.8, 4) is 0 Å². The van der Waals surface area contributed by atoms with E-state index in [4.69, 9.17) is 4.74 Å². The van der Waals surface area contributed by atoms with E-state index in [-0.39, 0.29) is 17.4 Å². The number of anilines is 1. The van der Waals surface area contributed by atoms with Crippen LogP contribution < -0.4 is 10.5 Å². The third kappa shape index (κ3) is 5.68. The van der Waals surface area contributed by atoms with Gasteiger partial charge < -0.3 is 14.6 Å². The Labute approximate surface area is 210 Å². The second kappa shape index (κ2) is 11.1. The normalized spacial score (nSPS) is 19.2. The second-order valence-corrected chi connectivity index (χ2v) is 9.48. The SMILES string of the molecule is CCc1cc2ncc(CN3CCN(c4ccc(C(=O)N=CC5CCCOC5)nc4)CC3)cc2[nH]c1=O. The summed E-state index contributed by atoms with van der Waals surface area (Å²) >= 11 is 0. The summed E-state index contributed by atoms with van der Waals surface area (Å²) in [7, 11) is 0. The minimum Gasteiger partial charge on any atom is -0.381 e. The van der Waals surface area contributed by atoms with Crippen molar-refractivity contribution >= 4 is 28.8 Å². The molecular weight excluding hydrogens is 456 g/mol. The van der Waals surface area contributed by atoms with Gasteiger partial charge in [-0.05, 0) is 49.1 Å². The van der Waals surface area contributed by atoms with Crippen LogP contribution in [0.25, 0.3) is 11.0 Å². The number of pyridine rings is 3. The van der Waals surface area contributed by atoms with Gasteiger partial charge in [0.25, 0.3) is 11.5 Å². The number of aryl methyl sites for hydroxylation is 1. The smallest absolute Gasteiger partial charge is 0.295 e. The van der Waals surface area contributed by atoms with E-state index in [9.17, 15) is 9.59 Å². The van der Waals surface area contributed by atoms with E-state index in [0.29, 0.717) is 18.7 Å². The number of rotatable bonds is 6. The predicted octanol–water partition coefficient (Wildman–Crippen LogP) is 2.84. The van der Waals surface area contributed by atoms with Crippen molar-refractivity contribution in [3.05, 3.63) is 63.8 Å². The average Bonchev–Trinajstić information content (AvgIpc) is 2.92. The Hall–Kier alpha value is -3.43. The number of fused-ring (bicyclic) bond motifs is 1. The van der Waals surface area contributed by atoms with Crippen LogP contribution in [0.15, 0.2) is 46.4 Å². The standard InChI is InChI=1S/C27H32N6O3/c1-2-21-13-24-25(31-26(21)34)12-20(15-28-24)17-32-7-9-33(10-8-32)22-5-6-23(29-16-22)27(35)30-14-19-4-3-11-36-18-19/h5-6,12-16,19H,2-4,7-11,17-18H2,1H3,(H,31,34). The molecule has 5 rings (SSSR count). The fraction of sp³-hybridized carbons (Fsp3) is 0.444. The van der Waals surface area contributed by atoms with Gasteiger partial charge in [0.15, 0.2) is 0 Å². The molecule has 9 heteroatoms. The Balaban J connectivity index is 1.15. The maximum Gasteiger partial charge on any atom is 0.295 e. The van der Waals surface area contributed by atoms with E-state index < -0.39 is 0 Å². The highest BCUT2D eigenvalue weighted by molar-refractivity contribution is 5.97. The molecule has 36 heavy (non-hydrogen) atoms. The van der Waals surface area contributed by atoms with Gasteiger partial charge in [0.1, 0.15) is 5.69 Å². The monoisotopic (exact) mass is 488 g/mol. The molecule has 188 valence electrons. The van der Waals surface area contributed by atoms with Crippen LogP contribution in [0.3, 0.4) is 0 Å². The second-order valence-electron chi connectivity index (χ2n) is 9.48. The molecule has 0 aromatic carbocycles. The number of nitrogens with one attached hydrogen (secondary N) is 1. The molecule has 1 amide bonds. The topological polar surface area (TPSA) is 104 Å². The fourth-order valence-corrected chi connectivity index (χ4v) is 4.76. The van der Waals surface area contributed by atoms with Crippen molar-refractivity contribution in [2.24, 2.45) is 10.9 Å². The maximum absolute atomic E-state index is 12.4. The molecule has 1 atom stereocenters. The third-order valence-electron chi connectivity index (χ3n) is 6.92. The van der Waals surface area contributed by atoms with Crippen LogP contribution in [0.2, 0.25) is 0 Å². The molecule has 1 N–H and O–H groups in total. The zero-order chi connectivity index (χ0) is 24.9. The van der Waals surface area contributed by atoms with Gasteiger partial charge in [-0.1, -0.05) is 6.92 Å². The van der Waals surface area contributed by atoms with Crippen molar-refractivity contribution in [3.63, 3.8) is 0 Å². The molecular formula is C27H32N6O3. The van der Waals surface area contributed by atoms with Crippen LogP contribution in [-0.2, 0) is 17.7 Å². The van der Waals surface area contributed by atoms with Crippen LogP contribution in [0.5, 0.6) is 0 Å². The van der Waals surface area contributed by atoms with Gasteiger partial charge >= 0.3 is 0 Å². The summed E-state index contributed by atoms with van der Waals surface area (Å²) in [5, 5.41) is 0. The summed E-state index contributed by atoms with van der Waals surface area (Å²) in [4.78, 5) is 45.2. The van der Waals surface area contributed by atoms with Crippen LogP contribution in [-0.4, -0.2) is 71.4 Å². The quantitative estimate of drug-likeness (QED) is 0.532. The average molecular weight is 489 g/mol. The molecule has 3 aromatic rings. The minimum atomic E-state index is -0.312. The van der Waals surface area contributed by atoms with E-state index in [0.717, 1.165) is 80.0 Å². The number of carbonyl (C=O) groups excluding carboxylic acids is 1. The summed E-state index contributed by atoms with van der Waals surface area (Å²) in [5.74, 6) is -0.104. The van der Waals surface area contributed by atoms with Crippen LogP contribution in [0.1, 0.15) is 41.4 Å². The van der Waals surface area contributed by atoms with Crippen LogP contribution >= 0.6 is 0 Å². The Morgan fingerprint density at radius 1 is 1.19 bits per heavy atom. The molecule has 0 spiro atoms. The Bertz CT molecular complexity index is 1290. The van der Waals surface area contributed by atoms with Crippen molar-refractivity contribution in [2.45, 2.75) is 32.7 Å². The summed E-state index contributed by atoms with van der Waals surface area (Å²) in [5.41, 5.74) is 4.78. The van der Waals surface area contributed by atoms with Gasteiger partial charge in [0, 0.05) is 63.2 Å². The number of piperazine rings is 1. The van der Waals surface area contributed by atoms with Crippen molar-refractivity contribution in [1.29, 1.82) is 0 Å². The fourth-order valence-electron chi connectivity index (χ4n) is 4.76. The number of aliphatic imine (C=N–C) groups is 1. The van der Waals surface area contributed by atoms with Crippen molar-refractivity contribution < 1.29 is 9.53 Å². The van der Waals surface area contributed by atoms with E-state index in [2.05, 4.69) is 29.7 Å². The number of hydrogen-bond acceptors (Lipinski definition) is 7. The lowest BCUT2D eigenvalue weighted by atomic mass is 10.0. The Morgan fingerprint density at radius 2 is 2.06 bits per heavy atom. The number of H-pyrrole nitrogens is 1. The van der Waals surface area contributed by atoms with Crippen molar-refractivity contribution in [1.82, 2.24) is 19.9 Å². The zero-order valence-electron chi connectivity index (χ0n) is 20.7. The lowest BCUT2D eigenvalue weighted by Crippen LogP contribution is -2.46. The number of aromatic nitrogens is 3. The van der Waals surface area contributed by atoms with E-state index in [1.807, 2.05) is 31.3 Å². The lowest BCUT2D eigenvalue weighted by Gasteiger charge is -2.36. The van der Waals surface area contributed by atoms with Crippen LogP contribution in [0.4, 0.5) is 5.69 Å². The van der Waals surface area contributed by atoms with E-state index >= 15 is 0 Å². The third-order valence-corrected chi connectivity index (χ3v) is 6.92. The summed E-state index contributed by atoms with van der Waals surface area (Å²) in [6, 6.07) is 7.61. The van der Waals surface area contributed by atoms with Gasteiger partial charge in [0.2, 0.25) is 0 Å². The molecule has 2 aliphatic rings. The summed E-state index contributed by atoms with van der Waals surface area (Å²) < 4.78 is 5.43. The maximum atomic E-state index is 12.4. The largest absolute Gasteiger partial charge is 0.381 e. The van der Waals surface area contributed by atoms with Gasteiger partial charge in [-0.15, -0.1) is 0 Å². The molecule has 9 nitrogen and oxygen atoms in total. The number of nitrogens with zero attached hydrogens (tertiary/aromatic N) is 5. The molecule has 2 fully saturated rings. The summed E-state index contributed by atoms with van der Waals surface area (Å²) in [6.45, 7) is 7.71. The zero-order valence-corrected chi connectivity index (χ0v) is 20.7. The molecule has 0 saturated carbocycles. The molecule has 0 radical (unpaired) electrons. The van der Waals surface area contributed by atoms with Crippen LogP contribution in [0, 0.1) is 5.92 Å². The van der Waals surface area contributed by atoms with Gasteiger partial charge in [0.05, 0.1) is 29.5 Å². The molecule has 1 unspecified atom stereocenters. The van der Waals surface area contributed by atoms with E-state index in [1.165, 1.54) is 0 Å². The van der Waals surface area contributed by atoms with Gasteiger partial charge in [-0.3, -0.25) is 19.5 Å². The molecule has 2 aliphatic heterocycles. The Morgan fingerprint density at radius 3 is 2.78 bits per heavy atom. The molecule has 2 saturated heterocycles. The first-order valence-electron chi connectivity index (χ1n) is 12.7. The first-order valence-corrected chi connectivity index (χ1v) is 12.7. The number of hydrogen-bond donors (Lipinski definition) is 1. The van der Waals surface area contributed by atoms with E-state index in [1.54, 1.807) is 18.5 Å². The number of aromatic amines is 1. The first kappa shape index (κ1) is 24.3. The molecule has 0 aliphatic carbocycles. The number of amides is 1.